The lowest BCUT2D eigenvalue weighted by atomic mass is 10.1. The molecule has 54 valence electrons. The number of hydrogen-bond donors (Lipinski definition) is 3. The number of hydrogen-bond acceptors (Lipinski definition) is 4. The molecule has 2 unspecified atom stereocenters. The number of carbonyl (C=O) groups excluding carboxylic acids is 1. The largest absolute Gasteiger partial charge is 0.390 e. The van der Waals surface area contributed by atoms with Gasteiger partial charge in [-0.15, -0.1) is 0 Å². The molecule has 4 nitrogen and oxygen atoms in total. The summed E-state index contributed by atoms with van der Waals surface area (Å²) in [6.45, 7) is -0.0188. The molecule has 4 N–H and O–H groups in total. The zero-order valence-corrected chi connectivity index (χ0v) is 5.03. The van der Waals surface area contributed by atoms with Crippen molar-refractivity contribution in [1.29, 1.82) is 0 Å². The lowest BCUT2D eigenvalue weighted by Crippen LogP contribution is -2.33. The summed E-state index contributed by atoms with van der Waals surface area (Å²) in [7, 11) is 0. The molecule has 9 heavy (non-hydrogen) atoms. The van der Waals surface area contributed by atoms with Crippen molar-refractivity contribution in [2.45, 2.75) is 18.6 Å². The molecule has 4 heteroatoms. The SMILES string of the molecule is NCC(O)C(O)CC=O. The van der Waals surface area contributed by atoms with Crippen molar-refractivity contribution in [3.05, 3.63) is 0 Å². The van der Waals surface area contributed by atoms with Gasteiger partial charge in [0.15, 0.2) is 0 Å². The third-order valence-electron chi connectivity index (χ3n) is 1.02. The second-order valence-electron chi connectivity index (χ2n) is 1.77. The van der Waals surface area contributed by atoms with E-state index in [9.17, 15) is 4.79 Å². The lowest BCUT2D eigenvalue weighted by molar-refractivity contribution is -0.111. The Morgan fingerprint density at radius 2 is 2.00 bits per heavy atom. The highest BCUT2D eigenvalue weighted by Crippen LogP contribution is 1.93. The van der Waals surface area contributed by atoms with Crippen molar-refractivity contribution in [1.82, 2.24) is 0 Å². The van der Waals surface area contributed by atoms with Gasteiger partial charge in [0, 0.05) is 13.0 Å². The van der Waals surface area contributed by atoms with Crippen molar-refractivity contribution < 1.29 is 15.0 Å². The summed E-state index contributed by atoms with van der Waals surface area (Å²) in [5.74, 6) is 0. The van der Waals surface area contributed by atoms with Gasteiger partial charge < -0.3 is 20.7 Å². The van der Waals surface area contributed by atoms with Gasteiger partial charge in [0.2, 0.25) is 0 Å². The van der Waals surface area contributed by atoms with Crippen LogP contribution in [-0.4, -0.2) is 35.3 Å². The van der Waals surface area contributed by atoms with E-state index >= 15 is 0 Å². The van der Waals surface area contributed by atoms with Crippen LogP contribution in [0.5, 0.6) is 0 Å². The highest BCUT2D eigenvalue weighted by molar-refractivity contribution is 5.50. The fourth-order valence-electron chi connectivity index (χ4n) is 0.413. The van der Waals surface area contributed by atoms with Crippen LogP contribution in [-0.2, 0) is 4.79 Å². The Bertz CT molecular complexity index is 86.3. The summed E-state index contributed by atoms with van der Waals surface area (Å²) < 4.78 is 0. The molecule has 0 aliphatic rings. The maximum absolute atomic E-state index is 9.72. The highest BCUT2D eigenvalue weighted by Gasteiger charge is 2.12. The van der Waals surface area contributed by atoms with Crippen LogP contribution < -0.4 is 5.73 Å². The maximum atomic E-state index is 9.72. The Labute approximate surface area is 53.3 Å². The quantitative estimate of drug-likeness (QED) is 0.397. The second kappa shape index (κ2) is 4.43. The fraction of sp³-hybridized carbons (Fsp3) is 0.800. The van der Waals surface area contributed by atoms with Crippen LogP contribution in [0.25, 0.3) is 0 Å². The standard InChI is InChI=1S/C5H11NO3/c6-3-5(9)4(8)1-2-7/h2,4-5,8-9H,1,3,6H2. The summed E-state index contributed by atoms with van der Waals surface area (Å²) in [6, 6.07) is 0. The number of aliphatic hydroxyl groups excluding tert-OH is 2. The van der Waals surface area contributed by atoms with Gasteiger partial charge in [0.1, 0.15) is 6.29 Å². The molecular weight excluding hydrogens is 122 g/mol. The van der Waals surface area contributed by atoms with Crippen LogP contribution in [0.4, 0.5) is 0 Å². The molecule has 0 aromatic heterocycles. The molecule has 0 aromatic rings. The van der Waals surface area contributed by atoms with Gasteiger partial charge in [-0.05, 0) is 0 Å². The topological polar surface area (TPSA) is 83.6 Å². The average molecular weight is 133 g/mol. The number of aliphatic hydroxyl groups is 2. The molecule has 0 heterocycles. The number of carbonyl (C=O) groups is 1. The second-order valence-corrected chi connectivity index (χ2v) is 1.77. The fourth-order valence-corrected chi connectivity index (χ4v) is 0.413. The minimum atomic E-state index is -1.01. The van der Waals surface area contributed by atoms with Gasteiger partial charge in [-0.1, -0.05) is 0 Å². The van der Waals surface area contributed by atoms with E-state index in [-0.39, 0.29) is 13.0 Å². The summed E-state index contributed by atoms with van der Waals surface area (Å²) in [5, 5.41) is 17.5. The molecule has 0 radical (unpaired) electrons. The van der Waals surface area contributed by atoms with Crippen molar-refractivity contribution in [2.75, 3.05) is 6.54 Å². The molecule has 2 atom stereocenters. The van der Waals surface area contributed by atoms with Gasteiger partial charge in [-0.3, -0.25) is 0 Å². The summed E-state index contributed by atoms with van der Waals surface area (Å²) in [6.07, 6.45) is -1.50. The highest BCUT2D eigenvalue weighted by atomic mass is 16.3. The minimum Gasteiger partial charge on any atom is -0.390 e. The van der Waals surface area contributed by atoms with E-state index in [2.05, 4.69) is 0 Å². The van der Waals surface area contributed by atoms with E-state index in [4.69, 9.17) is 15.9 Å². The Morgan fingerprint density at radius 3 is 2.33 bits per heavy atom. The molecule has 0 bridgehead atoms. The maximum Gasteiger partial charge on any atom is 0.122 e. The first-order valence-electron chi connectivity index (χ1n) is 2.72. The van der Waals surface area contributed by atoms with Gasteiger partial charge in [-0.2, -0.15) is 0 Å². The van der Waals surface area contributed by atoms with Crippen molar-refractivity contribution in [3.63, 3.8) is 0 Å². The predicted octanol–water partition coefficient (Wildman–Crippen LogP) is -1.74. The van der Waals surface area contributed by atoms with Gasteiger partial charge in [-0.25, -0.2) is 0 Å². The van der Waals surface area contributed by atoms with E-state index in [1.165, 1.54) is 0 Å². The first kappa shape index (κ1) is 8.55. The van der Waals surface area contributed by atoms with Crippen LogP contribution in [0, 0.1) is 0 Å². The Balaban J connectivity index is 3.44. The van der Waals surface area contributed by atoms with E-state index in [0.29, 0.717) is 6.29 Å². The molecule has 0 spiro atoms. The van der Waals surface area contributed by atoms with Crippen LogP contribution >= 0.6 is 0 Å². The zero-order chi connectivity index (χ0) is 7.28. The number of rotatable bonds is 4. The summed E-state index contributed by atoms with van der Waals surface area (Å²) >= 11 is 0. The average Bonchev–Trinajstić information content (AvgIpc) is 1.87. The number of nitrogens with two attached hydrogens (primary N) is 1. The Hall–Kier alpha value is -0.450. The monoisotopic (exact) mass is 133 g/mol. The lowest BCUT2D eigenvalue weighted by Gasteiger charge is -2.11. The molecule has 0 aliphatic heterocycles. The van der Waals surface area contributed by atoms with E-state index in [1.54, 1.807) is 0 Å². The molecule has 0 rings (SSSR count). The molecule has 0 saturated heterocycles. The molecule has 0 aliphatic carbocycles. The molecule has 0 aromatic carbocycles. The van der Waals surface area contributed by atoms with Crippen molar-refractivity contribution in [3.8, 4) is 0 Å². The normalized spacial score (nSPS) is 16.8. The molecule has 0 amide bonds. The zero-order valence-electron chi connectivity index (χ0n) is 5.03. The minimum absolute atomic E-state index is 0.0188. The third-order valence-corrected chi connectivity index (χ3v) is 1.02. The molecule has 0 fully saturated rings. The third kappa shape index (κ3) is 3.18. The summed E-state index contributed by atoms with van der Waals surface area (Å²) in [5.41, 5.74) is 4.98. The van der Waals surface area contributed by atoms with Crippen LogP contribution in [0.2, 0.25) is 0 Å². The Morgan fingerprint density at radius 1 is 1.44 bits per heavy atom. The van der Waals surface area contributed by atoms with E-state index in [1.807, 2.05) is 0 Å². The Kier molecular flexibility index (Phi) is 4.21. The predicted molar refractivity (Wildman–Crippen MR) is 31.7 cm³/mol. The van der Waals surface area contributed by atoms with Crippen molar-refractivity contribution in [2.24, 2.45) is 5.73 Å². The van der Waals surface area contributed by atoms with Crippen LogP contribution in [0.3, 0.4) is 0 Å². The van der Waals surface area contributed by atoms with Gasteiger partial charge in [0.05, 0.1) is 12.2 Å². The molecular formula is C5H11NO3. The van der Waals surface area contributed by atoms with E-state index < -0.39 is 12.2 Å². The number of aldehydes is 1. The first-order chi connectivity index (χ1) is 4.22. The smallest absolute Gasteiger partial charge is 0.122 e. The van der Waals surface area contributed by atoms with Gasteiger partial charge >= 0.3 is 0 Å². The van der Waals surface area contributed by atoms with E-state index in [0.717, 1.165) is 0 Å². The first-order valence-corrected chi connectivity index (χ1v) is 2.72. The van der Waals surface area contributed by atoms with Crippen molar-refractivity contribution >= 4 is 6.29 Å². The van der Waals surface area contributed by atoms with Gasteiger partial charge in [0.25, 0.3) is 0 Å². The van der Waals surface area contributed by atoms with Crippen LogP contribution in [0.15, 0.2) is 0 Å². The van der Waals surface area contributed by atoms with Crippen LogP contribution in [0.1, 0.15) is 6.42 Å². The summed E-state index contributed by atoms with van der Waals surface area (Å²) in [4.78, 5) is 9.72. The molecule has 0 saturated carbocycles.